The molecule has 0 saturated carbocycles. The number of hydrogen-bond acceptors (Lipinski definition) is 2. The Morgan fingerprint density at radius 2 is 1.05 bits per heavy atom. The summed E-state index contributed by atoms with van der Waals surface area (Å²) in [5.41, 5.74) is -0.710. The zero-order valence-corrected chi connectivity index (χ0v) is 16.6. The lowest BCUT2D eigenvalue weighted by Crippen LogP contribution is -2.69. The standard InChI is InChI=1S/C16H40N3O2/c1-13-15(3,17(5,6)7)21-19(11,12)16(4,14-2)20-18(8,9)10/h13-14H2,1-12H3/q+3. The molecule has 0 radical (unpaired) electrons. The first-order valence-corrected chi connectivity index (χ1v) is 7.92. The van der Waals surface area contributed by atoms with Gasteiger partial charge in [0, 0.05) is 26.7 Å². The van der Waals surface area contributed by atoms with Gasteiger partial charge in [0.1, 0.15) is 14.1 Å². The molecule has 0 aromatic rings. The summed E-state index contributed by atoms with van der Waals surface area (Å²) in [5.74, 6) is 0. The van der Waals surface area contributed by atoms with Crippen LogP contribution in [0.2, 0.25) is 0 Å². The minimum atomic E-state index is -0.427. The Kier molecular flexibility index (Phi) is 6.07. The maximum Gasteiger partial charge on any atom is 0.279 e. The molecule has 0 spiro atoms. The van der Waals surface area contributed by atoms with Crippen LogP contribution in [0.1, 0.15) is 40.5 Å². The molecule has 0 aliphatic heterocycles. The highest BCUT2D eigenvalue weighted by molar-refractivity contribution is 4.61. The summed E-state index contributed by atoms with van der Waals surface area (Å²) in [6.07, 6.45) is 1.80. The molecule has 0 aliphatic carbocycles. The zero-order valence-electron chi connectivity index (χ0n) is 16.6. The summed E-state index contributed by atoms with van der Waals surface area (Å²) in [6, 6.07) is 0. The van der Waals surface area contributed by atoms with Crippen molar-refractivity contribution in [3.63, 3.8) is 0 Å². The van der Waals surface area contributed by atoms with Crippen LogP contribution in [0.5, 0.6) is 0 Å². The molecule has 2 unspecified atom stereocenters. The van der Waals surface area contributed by atoms with E-state index < -0.39 is 5.72 Å². The summed E-state index contributed by atoms with van der Waals surface area (Å²) in [7, 11) is 16.8. The van der Waals surface area contributed by atoms with Crippen LogP contribution in [0.25, 0.3) is 0 Å². The molecule has 0 saturated heterocycles. The fourth-order valence-electron chi connectivity index (χ4n) is 2.38. The van der Waals surface area contributed by atoms with Gasteiger partial charge in [-0.15, -0.1) is 14.3 Å². The molecule has 0 rings (SSSR count). The summed E-state index contributed by atoms with van der Waals surface area (Å²) in [5, 5.41) is 0. The van der Waals surface area contributed by atoms with Gasteiger partial charge in [-0.2, -0.15) is 4.65 Å². The topological polar surface area (TPSA) is 18.5 Å². The molecule has 5 heteroatoms. The van der Waals surface area contributed by atoms with E-state index in [-0.39, 0.29) is 5.72 Å². The Balaban J connectivity index is 5.53. The maximum absolute atomic E-state index is 6.62. The van der Waals surface area contributed by atoms with Crippen LogP contribution in [0.3, 0.4) is 0 Å². The van der Waals surface area contributed by atoms with Gasteiger partial charge >= 0.3 is 0 Å². The molecule has 0 bridgehead atoms. The highest BCUT2D eigenvalue weighted by atomic mass is 16.8. The smallest absolute Gasteiger partial charge is 0.279 e. The predicted molar refractivity (Wildman–Crippen MR) is 87.7 cm³/mol. The summed E-state index contributed by atoms with van der Waals surface area (Å²) in [4.78, 5) is 12.9. The molecular formula is C16H40N3O2+3. The Morgan fingerprint density at radius 1 is 0.667 bits per heavy atom. The molecule has 0 aliphatic rings. The van der Waals surface area contributed by atoms with E-state index in [1.54, 1.807) is 0 Å². The first kappa shape index (κ1) is 20.8. The Bertz CT molecular complexity index is 344. The molecule has 2 atom stereocenters. The average Bonchev–Trinajstić information content (AvgIpc) is 2.24. The van der Waals surface area contributed by atoms with Crippen molar-refractivity contribution in [3.05, 3.63) is 0 Å². The van der Waals surface area contributed by atoms with Gasteiger partial charge in [-0.3, -0.25) is 4.48 Å². The molecule has 0 heterocycles. The van der Waals surface area contributed by atoms with E-state index in [1.165, 1.54) is 0 Å². The van der Waals surface area contributed by atoms with Gasteiger partial charge < -0.3 is 0 Å². The van der Waals surface area contributed by atoms with Crippen LogP contribution < -0.4 is 0 Å². The van der Waals surface area contributed by atoms with E-state index in [1.807, 2.05) is 21.1 Å². The van der Waals surface area contributed by atoms with E-state index in [0.717, 1.165) is 17.3 Å². The van der Waals surface area contributed by atoms with Crippen molar-refractivity contribution < 1.29 is 23.5 Å². The number of rotatable bonds is 8. The monoisotopic (exact) mass is 306 g/mol. The van der Waals surface area contributed by atoms with Crippen LogP contribution >= 0.6 is 0 Å². The number of hydroxylamine groups is 6. The van der Waals surface area contributed by atoms with E-state index in [2.05, 4.69) is 62.9 Å². The zero-order chi connectivity index (χ0) is 17.3. The first-order chi connectivity index (χ1) is 9.04. The Hall–Kier alpha value is -0.200. The largest absolute Gasteiger partial charge is 0.300 e. The van der Waals surface area contributed by atoms with Crippen LogP contribution in [0.15, 0.2) is 0 Å². The van der Waals surface area contributed by atoms with E-state index >= 15 is 0 Å². The van der Waals surface area contributed by atoms with Crippen molar-refractivity contribution in [2.24, 2.45) is 0 Å². The molecule has 0 N–H and O–H groups in total. The number of hydrogen-bond donors (Lipinski definition) is 0. The van der Waals surface area contributed by atoms with Crippen molar-refractivity contribution in [2.45, 2.75) is 52.0 Å². The summed E-state index contributed by atoms with van der Waals surface area (Å²) < 4.78 is 1.55. The molecule has 0 fully saturated rings. The first-order valence-electron chi connectivity index (χ1n) is 7.92. The minimum absolute atomic E-state index is 0.284. The predicted octanol–water partition coefficient (Wildman–Crippen LogP) is 2.59. The Morgan fingerprint density at radius 3 is 1.29 bits per heavy atom. The van der Waals surface area contributed by atoms with Gasteiger partial charge in [-0.25, -0.2) is 0 Å². The summed E-state index contributed by atoms with van der Waals surface area (Å²) >= 11 is 0. The van der Waals surface area contributed by atoms with Crippen molar-refractivity contribution in [2.75, 3.05) is 56.4 Å². The van der Waals surface area contributed by atoms with Crippen LogP contribution in [-0.2, 0) is 9.68 Å². The lowest BCUT2D eigenvalue weighted by atomic mass is 10.1. The molecule has 5 nitrogen and oxygen atoms in total. The quantitative estimate of drug-likeness (QED) is 0.390. The lowest BCUT2D eigenvalue weighted by molar-refractivity contribution is -1.22. The van der Waals surface area contributed by atoms with Gasteiger partial charge in [-0.1, -0.05) is 13.8 Å². The van der Waals surface area contributed by atoms with E-state index in [0.29, 0.717) is 9.29 Å². The fourth-order valence-corrected chi connectivity index (χ4v) is 2.38. The van der Waals surface area contributed by atoms with Gasteiger partial charge in [0.25, 0.3) is 11.4 Å². The van der Waals surface area contributed by atoms with Gasteiger partial charge in [0.05, 0.1) is 42.3 Å². The molecule has 0 aromatic heterocycles. The van der Waals surface area contributed by atoms with Crippen LogP contribution in [-0.4, -0.2) is 81.6 Å². The molecule has 0 aromatic carbocycles. The molecular weight excluding hydrogens is 266 g/mol. The van der Waals surface area contributed by atoms with E-state index in [9.17, 15) is 0 Å². The average molecular weight is 307 g/mol. The van der Waals surface area contributed by atoms with E-state index in [4.69, 9.17) is 9.68 Å². The molecule has 21 heavy (non-hydrogen) atoms. The third-order valence-electron chi connectivity index (χ3n) is 4.77. The van der Waals surface area contributed by atoms with Crippen LogP contribution in [0.4, 0.5) is 0 Å². The highest BCUT2D eigenvalue weighted by Crippen LogP contribution is 2.35. The second kappa shape index (κ2) is 6.13. The lowest BCUT2D eigenvalue weighted by Gasteiger charge is -2.50. The summed E-state index contributed by atoms with van der Waals surface area (Å²) in [6.45, 7) is 8.62. The molecule has 128 valence electrons. The van der Waals surface area contributed by atoms with Crippen LogP contribution in [0, 0.1) is 0 Å². The SMILES string of the molecule is CCC(C)(O[N+](C)(C)C(C)(CC)O[N+](C)(C)C)[N+](C)(C)C. The Labute approximate surface area is 132 Å². The second-order valence-corrected chi connectivity index (χ2v) is 8.49. The molecule has 0 amide bonds. The minimum Gasteiger partial charge on any atom is -0.300 e. The van der Waals surface area contributed by atoms with Gasteiger partial charge in [-0.05, 0) is 0 Å². The fraction of sp³-hybridized carbons (Fsp3) is 1.00. The normalized spacial score (nSPS) is 20.0. The van der Waals surface area contributed by atoms with Crippen molar-refractivity contribution in [1.29, 1.82) is 0 Å². The number of quaternary nitrogens is 3. The number of nitrogens with zero attached hydrogens (tertiary/aromatic N) is 3. The van der Waals surface area contributed by atoms with Crippen molar-refractivity contribution in [3.8, 4) is 0 Å². The van der Waals surface area contributed by atoms with Gasteiger partial charge in [0.2, 0.25) is 0 Å². The maximum atomic E-state index is 6.62. The van der Waals surface area contributed by atoms with Gasteiger partial charge in [0.15, 0.2) is 0 Å². The highest BCUT2D eigenvalue weighted by Gasteiger charge is 2.54. The third-order valence-corrected chi connectivity index (χ3v) is 4.77. The van der Waals surface area contributed by atoms with Crippen molar-refractivity contribution in [1.82, 2.24) is 0 Å². The second-order valence-electron chi connectivity index (χ2n) is 8.49. The van der Waals surface area contributed by atoms with Crippen molar-refractivity contribution >= 4 is 0 Å². The third kappa shape index (κ3) is 4.89.